The van der Waals surface area contributed by atoms with Crippen molar-refractivity contribution in [1.82, 2.24) is 0 Å². The Kier molecular flexibility index (Phi) is 1.71. The van der Waals surface area contributed by atoms with Crippen LogP contribution in [-0.4, -0.2) is 0 Å². The summed E-state index contributed by atoms with van der Waals surface area (Å²) < 4.78 is 0. The van der Waals surface area contributed by atoms with Crippen LogP contribution in [-0.2, 0) is 6.42 Å². The second kappa shape index (κ2) is 2.86. The van der Waals surface area contributed by atoms with Gasteiger partial charge in [0, 0.05) is 11.3 Å². The van der Waals surface area contributed by atoms with Crippen LogP contribution in [0.15, 0.2) is 42.5 Å². The van der Waals surface area contributed by atoms with E-state index in [4.69, 9.17) is 5.73 Å². The third kappa shape index (κ3) is 1.14. The van der Waals surface area contributed by atoms with Crippen molar-refractivity contribution in [3.63, 3.8) is 0 Å². The van der Waals surface area contributed by atoms with E-state index in [1.165, 1.54) is 11.1 Å². The van der Waals surface area contributed by atoms with E-state index >= 15 is 0 Å². The number of benzene rings is 1. The SMILES string of the molecule is NC1=CC=CCc2ccccc21. The van der Waals surface area contributed by atoms with Crippen LogP contribution in [0, 0.1) is 0 Å². The molecule has 2 N–H and O–H groups in total. The fraction of sp³-hybridized carbons (Fsp3) is 0.0909. The number of allylic oxidation sites excluding steroid dienone is 3. The van der Waals surface area contributed by atoms with Gasteiger partial charge in [0.1, 0.15) is 0 Å². The Morgan fingerprint density at radius 1 is 1.17 bits per heavy atom. The Morgan fingerprint density at radius 3 is 2.92 bits per heavy atom. The topological polar surface area (TPSA) is 26.0 Å². The van der Waals surface area contributed by atoms with Crippen LogP contribution < -0.4 is 5.73 Å². The summed E-state index contributed by atoms with van der Waals surface area (Å²) in [6, 6.07) is 8.25. The molecule has 0 radical (unpaired) electrons. The molecular formula is C11H11N. The highest BCUT2D eigenvalue weighted by atomic mass is 14.6. The molecule has 2 rings (SSSR count). The largest absolute Gasteiger partial charge is 0.398 e. The van der Waals surface area contributed by atoms with Gasteiger partial charge in [0.05, 0.1) is 0 Å². The molecule has 1 aromatic carbocycles. The third-order valence-corrected chi connectivity index (χ3v) is 2.08. The van der Waals surface area contributed by atoms with Crippen LogP contribution in [0.1, 0.15) is 11.1 Å². The molecule has 0 bridgehead atoms. The molecule has 1 aliphatic carbocycles. The minimum atomic E-state index is 0.861. The lowest BCUT2D eigenvalue weighted by Crippen LogP contribution is -1.98. The second-order valence-corrected chi connectivity index (χ2v) is 2.91. The van der Waals surface area contributed by atoms with Crippen molar-refractivity contribution in [2.75, 3.05) is 0 Å². The Balaban J connectivity index is 2.58. The van der Waals surface area contributed by atoms with Crippen molar-refractivity contribution < 1.29 is 0 Å². The van der Waals surface area contributed by atoms with Gasteiger partial charge >= 0.3 is 0 Å². The van der Waals surface area contributed by atoms with Gasteiger partial charge in [-0.3, -0.25) is 0 Å². The van der Waals surface area contributed by atoms with Crippen molar-refractivity contribution in [1.29, 1.82) is 0 Å². The molecule has 60 valence electrons. The summed E-state index contributed by atoms with van der Waals surface area (Å²) in [4.78, 5) is 0. The van der Waals surface area contributed by atoms with Crippen LogP contribution >= 0.6 is 0 Å². The number of hydrogen-bond donors (Lipinski definition) is 1. The zero-order valence-electron chi connectivity index (χ0n) is 6.83. The van der Waals surface area contributed by atoms with Gasteiger partial charge in [0.25, 0.3) is 0 Å². The Bertz CT molecular complexity index is 348. The normalized spacial score (nSPS) is 14.8. The van der Waals surface area contributed by atoms with E-state index in [9.17, 15) is 0 Å². The number of nitrogens with two attached hydrogens (primary N) is 1. The standard InChI is InChI=1S/C11H11N/c12-11-8-4-2-6-9-5-1-3-7-10(9)11/h1-5,7-8H,6,12H2. The minimum absolute atomic E-state index is 0.861. The summed E-state index contributed by atoms with van der Waals surface area (Å²) in [5, 5.41) is 0. The molecule has 0 unspecified atom stereocenters. The Morgan fingerprint density at radius 2 is 2.00 bits per heavy atom. The Hall–Kier alpha value is -1.50. The second-order valence-electron chi connectivity index (χ2n) is 2.91. The van der Waals surface area contributed by atoms with Gasteiger partial charge < -0.3 is 5.73 Å². The van der Waals surface area contributed by atoms with Gasteiger partial charge in [-0.1, -0.05) is 36.4 Å². The van der Waals surface area contributed by atoms with Crippen molar-refractivity contribution in [2.24, 2.45) is 5.73 Å². The molecule has 1 heteroatoms. The first kappa shape index (κ1) is 7.17. The zero-order valence-corrected chi connectivity index (χ0v) is 6.83. The predicted molar refractivity (Wildman–Crippen MR) is 51.5 cm³/mol. The van der Waals surface area contributed by atoms with E-state index in [0.29, 0.717) is 0 Å². The van der Waals surface area contributed by atoms with E-state index in [2.05, 4.69) is 18.2 Å². The molecule has 1 nitrogen and oxygen atoms in total. The van der Waals surface area contributed by atoms with Crippen LogP contribution in [0.4, 0.5) is 0 Å². The fourth-order valence-electron chi connectivity index (χ4n) is 1.44. The summed E-state index contributed by atoms with van der Waals surface area (Å²) in [5.74, 6) is 0. The first-order valence-corrected chi connectivity index (χ1v) is 4.08. The highest BCUT2D eigenvalue weighted by Crippen LogP contribution is 2.18. The molecule has 0 amide bonds. The average Bonchev–Trinajstić information content (AvgIpc) is 2.29. The summed E-state index contributed by atoms with van der Waals surface area (Å²) >= 11 is 0. The van der Waals surface area contributed by atoms with Crippen molar-refractivity contribution in [3.05, 3.63) is 53.6 Å². The first-order chi connectivity index (χ1) is 5.88. The number of rotatable bonds is 0. The molecule has 1 aliphatic rings. The van der Waals surface area contributed by atoms with Crippen LogP contribution in [0.2, 0.25) is 0 Å². The van der Waals surface area contributed by atoms with Gasteiger partial charge in [-0.15, -0.1) is 0 Å². The molecule has 0 heterocycles. The lowest BCUT2D eigenvalue weighted by atomic mass is 10.0. The van der Waals surface area contributed by atoms with E-state index in [-0.39, 0.29) is 0 Å². The van der Waals surface area contributed by atoms with Gasteiger partial charge in [0.2, 0.25) is 0 Å². The monoisotopic (exact) mass is 157 g/mol. The zero-order chi connectivity index (χ0) is 8.39. The van der Waals surface area contributed by atoms with Crippen LogP contribution in [0.25, 0.3) is 5.70 Å². The smallest absolute Gasteiger partial charge is 0.0390 e. The van der Waals surface area contributed by atoms with Gasteiger partial charge in [-0.2, -0.15) is 0 Å². The van der Waals surface area contributed by atoms with E-state index in [1.54, 1.807) is 0 Å². The highest BCUT2D eigenvalue weighted by Gasteiger charge is 2.03. The lowest BCUT2D eigenvalue weighted by Gasteiger charge is -2.04. The summed E-state index contributed by atoms with van der Waals surface area (Å²) in [6.45, 7) is 0. The molecule has 0 atom stereocenters. The van der Waals surface area contributed by atoms with Gasteiger partial charge in [0.15, 0.2) is 0 Å². The van der Waals surface area contributed by atoms with Crippen LogP contribution in [0.3, 0.4) is 0 Å². The quantitative estimate of drug-likeness (QED) is 0.613. The van der Waals surface area contributed by atoms with E-state index in [0.717, 1.165) is 12.1 Å². The van der Waals surface area contributed by atoms with Crippen molar-refractivity contribution in [3.8, 4) is 0 Å². The fourth-order valence-corrected chi connectivity index (χ4v) is 1.44. The van der Waals surface area contributed by atoms with E-state index in [1.807, 2.05) is 24.3 Å². The average molecular weight is 157 g/mol. The lowest BCUT2D eigenvalue weighted by molar-refractivity contribution is 1.25. The van der Waals surface area contributed by atoms with Gasteiger partial charge in [-0.05, 0) is 18.1 Å². The molecule has 0 fully saturated rings. The number of fused-ring (bicyclic) bond motifs is 1. The van der Waals surface area contributed by atoms with E-state index < -0.39 is 0 Å². The maximum atomic E-state index is 5.86. The predicted octanol–water partition coefficient (Wildman–Crippen LogP) is 2.10. The molecule has 0 saturated heterocycles. The molecule has 0 aliphatic heterocycles. The first-order valence-electron chi connectivity index (χ1n) is 4.08. The maximum absolute atomic E-state index is 5.86. The van der Waals surface area contributed by atoms with Crippen LogP contribution in [0.5, 0.6) is 0 Å². The summed E-state index contributed by atoms with van der Waals surface area (Å²) in [7, 11) is 0. The maximum Gasteiger partial charge on any atom is 0.0390 e. The van der Waals surface area contributed by atoms with Crippen molar-refractivity contribution in [2.45, 2.75) is 6.42 Å². The molecule has 0 saturated carbocycles. The summed E-state index contributed by atoms with van der Waals surface area (Å²) in [5.41, 5.74) is 9.19. The molecule has 1 aromatic rings. The third-order valence-electron chi connectivity index (χ3n) is 2.08. The number of hydrogen-bond acceptors (Lipinski definition) is 1. The van der Waals surface area contributed by atoms with Crippen molar-refractivity contribution >= 4 is 5.70 Å². The minimum Gasteiger partial charge on any atom is -0.398 e. The molecule has 0 spiro atoms. The Labute approximate surface area is 72.2 Å². The molecule has 0 aromatic heterocycles. The summed E-state index contributed by atoms with van der Waals surface area (Å²) in [6.07, 6.45) is 7.06. The molecule has 12 heavy (non-hydrogen) atoms. The highest BCUT2D eigenvalue weighted by molar-refractivity contribution is 5.68. The molecular weight excluding hydrogens is 146 g/mol. The van der Waals surface area contributed by atoms with Gasteiger partial charge in [-0.25, -0.2) is 0 Å².